The van der Waals surface area contributed by atoms with Gasteiger partial charge in [0.2, 0.25) is 0 Å². The lowest BCUT2D eigenvalue weighted by atomic mass is 9.80. The number of hydrogen-bond acceptors (Lipinski definition) is 5. The number of anilines is 1. The Labute approximate surface area is 199 Å². The van der Waals surface area contributed by atoms with Crippen LogP contribution in [0.3, 0.4) is 0 Å². The molecule has 1 atom stereocenters. The average Bonchev–Trinajstić information content (AvgIpc) is 2.54. The maximum absolute atomic E-state index is 12.3. The molecule has 1 aromatic rings. The van der Waals surface area contributed by atoms with E-state index in [9.17, 15) is 19.5 Å². The molecule has 10 heteroatoms. The van der Waals surface area contributed by atoms with Gasteiger partial charge in [-0.2, -0.15) is 0 Å². The Morgan fingerprint density at radius 1 is 0.909 bits per heavy atom. The number of hydrogen-bond donors (Lipinski definition) is 3. The zero-order chi connectivity index (χ0) is 25.8. The second-order valence-electron chi connectivity index (χ2n) is 10.7. The Hall–Kier alpha value is -2.64. The predicted molar refractivity (Wildman–Crippen MR) is 130 cm³/mol. The van der Waals surface area contributed by atoms with E-state index in [1.54, 1.807) is 67.5 Å². The molecule has 33 heavy (non-hydrogen) atoms. The maximum Gasteiger partial charge on any atom is 0.412 e. The summed E-state index contributed by atoms with van der Waals surface area (Å²) < 4.78 is 10.6. The van der Waals surface area contributed by atoms with Crippen LogP contribution < -0.4 is 21.6 Å². The van der Waals surface area contributed by atoms with Crippen LogP contribution in [0.5, 0.6) is 0 Å². The third-order valence-corrected chi connectivity index (χ3v) is 4.42. The third-order valence-electron chi connectivity index (χ3n) is 4.42. The minimum absolute atomic E-state index is 0.138. The van der Waals surface area contributed by atoms with Crippen LogP contribution in [0.1, 0.15) is 67.4 Å². The minimum atomic E-state index is -1.10. The standard InChI is InChI=1S/C23H34B2N2O6/c1-21(2,3)32-19(30)26-14(12-23(7,8)18(28)29)9-13-10-15(24)17(16(25)11-13)27-20(31)33-22(4,5)6/h10-11,14H,9,12H2,1-8H3,(H,26,30)(H,27,31)(H,28,29). The molecule has 178 valence electrons. The normalized spacial score (nSPS) is 13.1. The Morgan fingerprint density at radius 3 is 1.79 bits per heavy atom. The van der Waals surface area contributed by atoms with Crippen molar-refractivity contribution in [2.75, 3.05) is 5.32 Å². The maximum atomic E-state index is 12.3. The highest BCUT2D eigenvalue weighted by Gasteiger charge is 2.32. The molecule has 1 rings (SSSR count). The molecule has 1 aromatic carbocycles. The number of amides is 2. The van der Waals surface area contributed by atoms with E-state index in [1.165, 1.54) is 0 Å². The second-order valence-corrected chi connectivity index (χ2v) is 10.7. The van der Waals surface area contributed by atoms with E-state index in [-0.39, 0.29) is 29.5 Å². The third kappa shape index (κ3) is 10.2. The zero-order valence-electron chi connectivity index (χ0n) is 20.8. The molecule has 0 saturated heterocycles. The first kappa shape index (κ1) is 28.4. The van der Waals surface area contributed by atoms with Crippen molar-refractivity contribution >= 4 is 50.5 Å². The number of ether oxygens (including phenoxy) is 2. The summed E-state index contributed by atoms with van der Waals surface area (Å²) in [5.74, 6) is -0.991. The van der Waals surface area contributed by atoms with Crippen molar-refractivity contribution in [3.05, 3.63) is 17.7 Å². The molecule has 0 bridgehead atoms. The Kier molecular flexibility index (Phi) is 9.06. The largest absolute Gasteiger partial charge is 0.481 e. The van der Waals surface area contributed by atoms with Crippen LogP contribution in [-0.4, -0.2) is 56.2 Å². The fraction of sp³-hybridized carbons (Fsp3) is 0.609. The van der Waals surface area contributed by atoms with Gasteiger partial charge in [0.15, 0.2) is 0 Å². The summed E-state index contributed by atoms with van der Waals surface area (Å²) in [6, 6.07) is 2.65. The second kappa shape index (κ2) is 10.5. The molecule has 1 unspecified atom stereocenters. The fourth-order valence-corrected chi connectivity index (χ4v) is 3.06. The average molecular weight is 456 g/mol. The van der Waals surface area contributed by atoms with Crippen molar-refractivity contribution < 1.29 is 29.0 Å². The number of alkyl carbamates (subject to hydrolysis) is 1. The van der Waals surface area contributed by atoms with Crippen LogP contribution in [0, 0.1) is 5.41 Å². The fourth-order valence-electron chi connectivity index (χ4n) is 3.06. The Bertz CT molecular complexity index is 865. The van der Waals surface area contributed by atoms with Crippen LogP contribution in [0.25, 0.3) is 0 Å². The van der Waals surface area contributed by atoms with Gasteiger partial charge in [-0.05, 0) is 73.8 Å². The van der Waals surface area contributed by atoms with Gasteiger partial charge >= 0.3 is 18.2 Å². The number of aliphatic carboxylic acids is 1. The van der Waals surface area contributed by atoms with Gasteiger partial charge in [0.25, 0.3) is 0 Å². The lowest BCUT2D eigenvalue weighted by Crippen LogP contribution is -2.44. The zero-order valence-corrected chi connectivity index (χ0v) is 20.8. The predicted octanol–water partition coefficient (Wildman–Crippen LogP) is 2.56. The lowest BCUT2D eigenvalue weighted by Gasteiger charge is -2.29. The highest BCUT2D eigenvalue weighted by atomic mass is 16.6. The first-order valence-electron chi connectivity index (χ1n) is 10.7. The number of carbonyl (C=O) groups excluding carboxylic acids is 2. The summed E-state index contributed by atoms with van der Waals surface area (Å²) in [6.45, 7) is 13.6. The number of benzene rings is 1. The van der Waals surface area contributed by atoms with Crippen molar-refractivity contribution in [1.29, 1.82) is 0 Å². The molecular formula is C23H34B2N2O6. The number of rotatable bonds is 7. The SMILES string of the molecule is [B]c1cc(CC(CC(C)(C)C(=O)O)NC(=O)OC(C)(C)C)cc([B])c1NC(=O)OC(C)(C)C. The molecular weight excluding hydrogens is 422 g/mol. The van der Waals surface area contributed by atoms with Crippen LogP contribution in [0.2, 0.25) is 0 Å². The molecule has 0 saturated carbocycles. The van der Waals surface area contributed by atoms with Gasteiger partial charge in [-0.15, -0.1) is 0 Å². The van der Waals surface area contributed by atoms with Gasteiger partial charge < -0.3 is 19.9 Å². The molecule has 3 N–H and O–H groups in total. The quantitative estimate of drug-likeness (QED) is 0.544. The monoisotopic (exact) mass is 456 g/mol. The smallest absolute Gasteiger partial charge is 0.412 e. The van der Waals surface area contributed by atoms with Crippen molar-refractivity contribution in [1.82, 2.24) is 5.32 Å². The van der Waals surface area contributed by atoms with Gasteiger partial charge in [0.05, 0.1) is 5.41 Å². The highest BCUT2D eigenvalue weighted by molar-refractivity contribution is 6.44. The lowest BCUT2D eigenvalue weighted by molar-refractivity contribution is -0.147. The number of nitrogens with one attached hydrogen (secondary N) is 2. The molecule has 2 amide bonds. The van der Waals surface area contributed by atoms with Crippen LogP contribution in [-0.2, 0) is 20.7 Å². The van der Waals surface area contributed by atoms with Gasteiger partial charge in [-0.25, -0.2) is 9.59 Å². The van der Waals surface area contributed by atoms with Crippen molar-refractivity contribution in [3.8, 4) is 0 Å². The van der Waals surface area contributed by atoms with Crippen LogP contribution in [0.15, 0.2) is 12.1 Å². The molecule has 0 heterocycles. The van der Waals surface area contributed by atoms with E-state index in [0.717, 1.165) is 0 Å². The number of carboxylic acid groups (broad SMARTS) is 1. The summed E-state index contributed by atoms with van der Waals surface area (Å²) in [6.07, 6.45) is -0.963. The van der Waals surface area contributed by atoms with Gasteiger partial charge in [-0.1, -0.05) is 23.1 Å². The molecule has 0 aliphatic carbocycles. The van der Waals surface area contributed by atoms with Gasteiger partial charge in [0.1, 0.15) is 26.9 Å². The molecule has 8 nitrogen and oxygen atoms in total. The van der Waals surface area contributed by atoms with E-state index < -0.39 is 40.8 Å². The molecule has 0 aromatic heterocycles. The van der Waals surface area contributed by atoms with Crippen molar-refractivity contribution in [3.63, 3.8) is 0 Å². The molecule has 0 fully saturated rings. The summed E-state index contributed by atoms with van der Waals surface area (Å²) in [4.78, 5) is 36.1. The van der Waals surface area contributed by atoms with E-state index in [2.05, 4.69) is 10.6 Å². The van der Waals surface area contributed by atoms with Gasteiger partial charge in [0, 0.05) is 11.7 Å². The summed E-state index contributed by atoms with van der Waals surface area (Å²) in [5.41, 5.74) is -1.20. The van der Waals surface area contributed by atoms with Crippen molar-refractivity contribution in [2.24, 2.45) is 5.41 Å². The van der Waals surface area contributed by atoms with Gasteiger partial charge in [-0.3, -0.25) is 10.1 Å². The van der Waals surface area contributed by atoms with Crippen molar-refractivity contribution in [2.45, 2.75) is 85.5 Å². The van der Waals surface area contributed by atoms with E-state index >= 15 is 0 Å². The topological polar surface area (TPSA) is 114 Å². The molecule has 0 spiro atoms. The van der Waals surface area contributed by atoms with Crippen LogP contribution >= 0.6 is 0 Å². The minimum Gasteiger partial charge on any atom is -0.481 e. The Morgan fingerprint density at radius 2 is 1.36 bits per heavy atom. The molecule has 0 aliphatic heterocycles. The summed E-state index contributed by atoms with van der Waals surface area (Å²) >= 11 is 0. The first-order chi connectivity index (χ1) is 14.8. The van der Waals surface area contributed by atoms with E-state index in [4.69, 9.17) is 25.2 Å². The number of carbonyl (C=O) groups is 3. The molecule has 0 aliphatic rings. The van der Waals surface area contributed by atoms with Crippen LogP contribution in [0.4, 0.5) is 15.3 Å². The van der Waals surface area contributed by atoms with E-state index in [0.29, 0.717) is 5.56 Å². The number of carboxylic acids is 1. The summed E-state index contributed by atoms with van der Waals surface area (Å²) in [7, 11) is 12.2. The van der Waals surface area contributed by atoms with E-state index in [1.807, 2.05) is 0 Å². The Balaban J connectivity index is 3.12. The molecule has 4 radical (unpaired) electrons. The summed E-state index contributed by atoms with van der Waals surface area (Å²) in [5, 5.41) is 14.8. The first-order valence-corrected chi connectivity index (χ1v) is 10.7. The highest BCUT2D eigenvalue weighted by Crippen LogP contribution is 2.25.